The van der Waals surface area contributed by atoms with Crippen LogP contribution in [-0.4, -0.2) is 15.5 Å². The third-order valence-corrected chi connectivity index (χ3v) is 3.99. The first-order chi connectivity index (χ1) is 9.70. The molecule has 1 aromatic carbocycles. The van der Waals surface area contributed by atoms with Crippen molar-refractivity contribution in [2.24, 2.45) is 0 Å². The fourth-order valence-corrected chi connectivity index (χ4v) is 2.78. The second-order valence-electron chi connectivity index (χ2n) is 6.18. The van der Waals surface area contributed by atoms with Crippen LogP contribution in [0.5, 0.6) is 0 Å². The molecular formula is C15H20N4OS. The number of nitrogens with zero attached hydrogens (tertiary/aromatic N) is 2. The Bertz CT molecular complexity index is 685. The summed E-state index contributed by atoms with van der Waals surface area (Å²) >= 11 is 1.11. The van der Waals surface area contributed by atoms with E-state index in [-0.39, 0.29) is 11.3 Å². The van der Waals surface area contributed by atoms with Crippen LogP contribution in [-0.2, 0) is 5.41 Å². The molecule has 0 saturated carbocycles. The molecule has 6 heteroatoms. The van der Waals surface area contributed by atoms with Gasteiger partial charge in [0, 0.05) is 16.8 Å². The van der Waals surface area contributed by atoms with E-state index in [1.165, 1.54) is 0 Å². The number of nitrogens with one attached hydrogen (secondary N) is 1. The smallest absolute Gasteiger partial charge is 0.269 e. The Kier molecular flexibility index (Phi) is 4.00. The van der Waals surface area contributed by atoms with Crippen LogP contribution in [0.1, 0.15) is 47.3 Å². The molecule has 2 aromatic rings. The van der Waals surface area contributed by atoms with Gasteiger partial charge in [0.05, 0.1) is 5.69 Å². The summed E-state index contributed by atoms with van der Waals surface area (Å²) in [4.78, 5) is 13.0. The highest BCUT2D eigenvalue weighted by Crippen LogP contribution is 2.28. The summed E-state index contributed by atoms with van der Waals surface area (Å²) in [5, 5.41) is 6.99. The van der Waals surface area contributed by atoms with E-state index in [1.54, 1.807) is 6.07 Å². The predicted molar refractivity (Wildman–Crippen MR) is 86.9 cm³/mol. The highest BCUT2D eigenvalue weighted by Gasteiger charge is 2.26. The van der Waals surface area contributed by atoms with Crippen LogP contribution < -0.4 is 11.1 Å². The minimum Gasteiger partial charge on any atom is -0.398 e. The zero-order chi connectivity index (χ0) is 15.8. The molecule has 2 rings (SSSR count). The van der Waals surface area contributed by atoms with Crippen LogP contribution in [0.15, 0.2) is 12.1 Å². The number of benzene rings is 1. The fourth-order valence-electron chi connectivity index (χ4n) is 2.01. The van der Waals surface area contributed by atoms with Gasteiger partial charge < -0.3 is 11.1 Å². The van der Waals surface area contributed by atoms with Gasteiger partial charge in [0.25, 0.3) is 5.91 Å². The maximum Gasteiger partial charge on any atom is 0.269 e. The number of rotatable bonds is 2. The van der Waals surface area contributed by atoms with Crippen molar-refractivity contribution in [3.05, 3.63) is 33.8 Å². The molecular weight excluding hydrogens is 284 g/mol. The largest absolute Gasteiger partial charge is 0.398 e. The van der Waals surface area contributed by atoms with Crippen molar-refractivity contribution in [1.82, 2.24) is 9.59 Å². The SMILES string of the molecule is Cc1cc(C)c(NC(=O)c2snnc2C(C)(C)C)cc1N. The van der Waals surface area contributed by atoms with E-state index in [1.807, 2.05) is 40.7 Å². The number of carbonyl (C=O) groups is 1. The Morgan fingerprint density at radius 2 is 1.90 bits per heavy atom. The summed E-state index contributed by atoms with van der Waals surface area (Å²) < 4.78 is 3.91. The van der Waals surface area contributed by atoms with Crippen molar-refractivity contribution in [3.8, 4) is 0 Å². The second kappa shape index (κ2) is 5.44. The maximum absolute atomic E-state index is 12.5. The van der Waals surface area contributed by atoms with E-state index in [4.69, 9.17) is 5.73 Å². The number of hydrogen-bond acceptors (Lipinski definition) is 5. The number of anilines is 2. The molecule has 3 N–H and O–H groups in total. The molecule has 0 saturated heterocycles. The summed E-state index contributed by atoms with van der Waals surface area (Å²) in [7, 11) is 0. The van der Waals surface area contributed by atoms with Crippen LogP contribution in [0, 0.1) is 13.8 Å². The number of nitrogen functional groups attached to an aromatic ring is 1. The Balaban J connectivity index is 2.31. The van der Waals surface area contributed by atoms with Gasteiger partial charge >= 0.3 is 0 Å². The zero-order valence-electron chi connectivity index (χ0n) is 12.9. The average Bonchev–Trinajstić information content (AvgIpc) is 2.85. The molecule has 0 fully saturated rings. The maximum atomic E-state index is 12.5. The number of hydrogen-bond donors (Lipinski definition) is 2. The van der Waals surface area contributed by atoms with E-state index < -0.39 is 0 Å². The monoisotopic (exact) mass is 304 g/mol. The molecule has 0 radical (unpaired) electrons. The van der Waals surface area contributed by atoms with Crippen molar-refractivity contribution in [3.63, 3.8) is 0 Å². The van der Waals surface area contributed by atoms with Gasteiger partial charge in [0.15, 0.2) is 0 Å². The lowest BCUT2D eigenvalue weighted by atomic mass is 9.91. The molecule has 0 bridgehead atoms. The minimum absolute atomic E-state index is 0.193. The third-order valence-electron chi connectivity index (χ3n) is 3.27. The van der Waals surface area contributed by atoms with E-state index in [0.717, 1.165) is 28.3 Å². The quantitative estimate of drug-likeness (QED) is 0.834. The van der Waals surface area contributed by atoms with E-state index >= 15 is 0 Å². The summed E-state index contributed by atoms with van der Waals surface area (Å²) in [5.41, 5.74) is 9.76. The van der Waals surface area contributed by atoms with Gasteiger partial charge in [0.1, 0.15) is 4.88 Å². The standard InChI is InChI=1S/C15H20N4OS/c1-8-6-9(2)11(7-10(8)16)17-14(20)12-13(15(3,4)5)18-19-21-12/h6-7H,16H2,1-5H3,(H,17,20). The molecule has 0 aliphatic heterocycles. The Labute approximate surface area is 128 Å². The van der Waals surface area contributed by atoms with Crippen LogP contribution in [0.2, 0.25) is 0 Å². The molecule has 0 atom stereocenters. The third kappa shape index (κ3) is 3.21. The van der Waals surface area contributed by atoms with Gasteiger partial charge in [0.2, 0.25) is 0 Å². The zero-order valence-corrected chi connectivity index (χ0v) is 13.8. The lowest BCUT2D eigenvalue weighted by molar-refractivity contribution is 0.102. The van der Waals surface area contributed by atoms with Crippen molar-refractivity contribution >= 4 is 28.8 Å². The molecule has 0 spiro atoms. The highest BCUT2D eigenvalue weighted by atomic mass is 32.1. The molecule has 5 nitrogen and oxygen atoms in total. The summed E-state index contributed by atoms with van der Waals surface area (Å²) in [6.45, 7) is 9.91. The normalized spacial score (nSPS) is 11.5. The first-order valence-corrected chi connectivity index (χ1v) is 7.48. The number of aromatic nitrogens is 2. The molecule has 1 aromatic heterocycles. The average molecular weight is 304 g/mol. The molecule has 21 heavy (non-hydrogen) atoms. The molecule has 0 aliphatic carbocycles. The van der Waals surface area contributed by atoms with E-state index in [2.05, 4.69) is 14.9 Å². The highest BCUT2D eigenvalue weighted by molar-refractivity contribution is 7.08. The summed E-state index contributed by atoms with van der Waals surface area (Å²) in [6.07, 6.45) is 0. The molecule has 1 heterocycles. The second-order valence-corrected chi connectivity index (χ2v) is 6.93. The molecule has 0 unspecified atom stereocenters. The summed E-state index contributed by atoms with van der Waals surface area (Å²) in [5.74, 6) is -0.193. The van der Waals surface area contributed by atoms with Gasteiger partial charge in [-0.05, 0) is 42.6 Å². The Morgan fingerprint density at radius 1 is 1.24 bits per heavy atom. The minimum atomic E-state index is -0.221. The first kappa shape index (κ1) is 15.4. The van der Waals surface area contributed by atoms with Crippen LogP contribution in [0.3, 0.4) is 0 Å². The predicted octanol–water partition coefficient (Wildman–Crippen LogP) is 3.29. The summed E-state index contributed by atoms with van der Waals surface area (Å²) in [6, 6.07) is 3.74. The van der Waals surface area contributed by atoms with Gasteiger partial charge in [-0.25, -0.2) is 0 Å². The lowest BCUT2D eigenvalue weighted by Crippen LogP contribution is -2.20. The number of nitrogens with two attached hydrogens (primary N) is 1. The fraction of sp³-hybridized carbons (Fsp3) is 0.400. The van der Waals surface area contributed by atoms with Crippen LogP contribution in [0.4, 0.5) is 11.4 Å². The Hall–Kier alpha value is -1.95. The molecule has 112 valence electrons. The van der Waals surface area contributed by atoms with Crippen molar-refractivity contribution < 1.29 is 4.79 Å². The molecule has 0 aliphatic rings. The van der Waals surface area contributed by atoms with Gasteiger partial charge in [-0.3, -0.25) is 4.79 Å². The van der Waals surface area contributed by atoms with Crippen molar-refractivity contribution in [2.75, 3.05) is 11.1 Å². The number of carbonyl (C=O) groups excluding carboxylic acids is 1. The van der Waals surface area contributed by atoms with Gasteiger partial charge in [-0.15, -0.1) is 5.10 Å². The van der Waals surface area contributed by atoms with Crippen LogP contribution in [0.25, 0.3) is 0 Å². The van der Waals surface area contributed by atoms with Crippen molar-refractivity contribution in [2.45, 2.75) is 40.0 Å². The van der Waals surface area contributed by atoms with Crippen molar-refractivity contribution in [1.29, 1.82) is 0 Å². The molecule has 1 amide bonds. The van der Waals surface area contributed by atoms with Crippen LogP contribution >= 0.6 is 11.5 Å². The lowest BCUT2D eigenvalue weighted by Gasteiger charge is -2.16. The topological polar surface area (TPSA) is 80.9 Å². The first-order valence-electron chi connectivity index (χ1n) is 6.71. The number of amides is 1. The van der Waals surface area contributed by atoms with E-state index in [0.29, 0.717) is 16.3 Å². The van der Waals surface area contributed by atoms with Gasteiger partial charge in [-0.1, -0.05) is 31.3 Å². The van der Waals surface area contributed by atoms with Gasteiger partial charge in [-0.2, -0.15) is 0 Å². The van der Waals surface area contributed by atoms with E-state index in [9.17, 15) is 4.79 Å². The number of aryl methyl sites for hydroxylation is 2. The Morgan fingerprint density at radius 3 is 2.52 bits per heavy atom.